The van der Waals surface area contributed by atoms with Gasteiger partial charge in [0.15, 0.2) is 11.6 Å². The van der Waals surface area contributed by atoms with Gasteiger partial charge in [0.1, 0.15) is 5.69 Å². The van der Waals surface area contributed by atoms with Crippen molar-refractivity contribution in [1.29, 1.82) is 0 Å². The summed E-state index contributed by atoms with van der Waals surface area (Å²) in [4.78, 5) is 3.49. The van der Waals surface area contributed by atoms with Gasteiger partial charge in [-0.05, 0) is 108 Å². The Morgan fingerprint density at radius 1 is 0.917 bits per heavy atom. The van der Waals surface area contributed by atoms with Gasteiger partial charge in [0, 0.05) is 11.1 Å². The predicted octanol–water partition coefficient (Wildman–Crippen LogP) is 8.88. The molecule has 0 radical (unpaired) electrons. The molecule has 0 amide bonds. The Kier molecular flexibility index (Phi) is 8.60. The average molecular weight is 498 g/mol. The van der Waals surface area contributed by atoms with Crippen LogP contribution in [0, 0.1) is 23.5 Å². The molecule has 4 rings (SSSR count). The Morgan fingerprint density at radius 3 is 2.44 bits per heavy atom. The monoisotopic (exact) mass is 497 g/mol. The van der Waals surface area contributed by atoms with Crippen LogP contribution in [-0.4, -0.2) is 5.16 Å². The summed E-state index contributed by atoms with van der Waals surface area (Å²) in [5, 5.41) is 2.02. The van der Waals surface area contributed by atoms with Crippen LogP contribution in [0.2, 0.25) is 0 Å². The second kappa shape index (κ2) is 12.0. The van der Waals surface area contributed by atoms with Crippen LogP contribution >= 0.6 is 12.2 Å². The summed E-state index contributed by atoms with van der Waals surface area (Å²) in [6.07, 6.45) is 9.29. The Bertz CT molecular complexity index is 1390. The van der Waals surface area contributed by atoms with Crippen LogP contribution in [0.25, 0.3) is 11.6 Å². The second-order valence-electron chi connectivity index (χ2n) is 9.13. The van der Waals surface area contributed by atoms with E-state index in [1.165, 1.54) is 48.1 Å². The molecule has 0 N–H and O–H groups in total. The highest BCUT2D eigenvalue weighted by atomic mass is 32.1. The van der Waals surface area contributed by atoms with Crippen LogP contribution in [0.5, 0.6) is 0 Å². The zero-order valence-electron chi connectivity index (χ0n) is 20.8. The van der Waals surface area contributed by atoms with Crippen molar-refractivity contribution >= 4 is 34.7 Å². The summed E-state index contributed by atoms with van der Waals surface area (Å²) in [5.41, 5.74) is 8.00. The van der Waals surface area contributed by atoms with E-state index in [1.807, 2.05) is 23.4 Å². The first-order valence-electron chi connectivity index (χ1n) is 12.6. The first-order chi connectivity index (χ1) is 17.5. The molecule has 0 saturated carbocycles. The number of benzene rings is 3. The molecule has 0 atom stereocenters. The van der Waals surface area contributed by atoms with Crippen LogP contribution in [-0.2, 0) is 19.3 Å². The molecule has 0 aliphatic heterocycles. The van der Waals surface area contributed by atoms with Crippen molar-refractivity contribution in [2.45, 2.75) is 58.8 Å². The number of halogens is 2. The van der Waals surface area contributed by atoms with Crippen molar-refractivity contribution in [3.05, 3.63) is 99.1 Å². The molecule has 0 spiro atoms. The van der Waals surface area contributed by atoms with Crippen molar-refractivity contribution in [3.8, 4) is 11.8 Å². The van der Waals surface area contributed by atoms with Gasteiger partial charge in [0.2, 0.25) is 0 Å². The Labute approximate surface area is 218 Å². The van der Waals surface area contributed by atoms with E-state index >= 15 is 0 Å². The molecular formula is C32H29F2NS. The van der Waals surface area contributed by atoms with Crippen LogP contribution < -0.4 is 0 Å². The number of aryl methyl sites for hydroxylation is 3. The van der Waals surface area contributed by atoms with Crippen LogP contribution in [0.1, 0.15) is 78.5 Å². The quantitative estimate of drug-likeness (QED) is 0.137. The van der Waals surface area contributed by atoms with E-state index in [2.05, 4.69) is 67.2 Å². The highest BCUT2D eigenvalue weighted by Gasteiger charge is 2.16. The molecule has 0 fully saturated rings. The van der Waals surface area contributed by atoms with Crippen molar-refractivity contribution in [3.63, 3.8) is 0 Å². The van der Waals surface area contributed by atoms with Crippen molar-refractivity contribution in [1.82, 2.24) is 0 Å². The van der Waals surface area contributed by atoms with Crippen LogP contribution in [0.4, 0.5) is 14.5 Å². The molecule has 0 aromatic heterocycles. The topological polar surface area (TPSA) is 12.4 Å². The van der Waals surface area contributed by atoms with E-state index in [9.17, 15) is 8.78 Å². The lowest BCUT2D eigenvalue weighted by atomic mass is 9.87. The first kappa shape index (κ1) is 25.7. The summed E-state index contributed by atoms with van der Waals surface area (Å²) in [7, 11) is 0. The van der Waals surface area contributed by atoms with Gasteiger partial charge < -0.3 is 0 Å². The minimum Gasteiger partial charge on any atom is -0.204 e. The highest BCUT2D eigenvalue weighted by molar-refractivity contribution is 7.78. The SMILES string of the molecule is CCCCCc1ccc(C#Cc2ccc3c(c2)CCC(c2cc(F)c(N=C=S)c(F)c2)=C3)c(CC)c1. The third-order valence-corrected chi connectivity index (χ3v) is 6.73. The maximum absolute atomic E-state index is 14.3. The summed E-state index contributed by atoms with van der Waals surface area (Å²) in [6.45, 7) is 4.40. The van der Waals surface area contributed by atoms with E-state index in [0.717, 1.165) is 41.5 Å². The third kappa shape index (κ3) is 6.05. The van der Waals surface area contributed by atoms with Crippen molar-refractivity contribution in [2.24, 2.45) is 4.99 Å². The number of nitrogens with zero attached hydrogens (tertiary/aromatic N) is 1. The number of unbranched alkanes of at least 4 members (excludes halogenated alkanes) is 2. The molecule has 0 unspecified atom stereocenters. The molecule has 1 nitrogen and oxygen atoms in total. The maximum Gasteiger partial charge on any atom is 0.153 e. The Hall–Kier alpha value is -3.38. The summed E-state index contributed by atoms with van der Waals surface area (Å²) < 4.78 is 28.6. The van der Waals surface area contributed by atoms with Crippen LogP contribution in [0.15, 0.2) is 53.5 Å². The lowest BCUT2D eigenvalue weighted by Gasteiger charge is -2.17. The molecule has 36 heavy (non-hydrogen) atoms. The summed E-state index contributed by atoms with van der Waals surface area (Å²) in [6, 6.07) is 15.5. The molecule has 3 aromatic rings. The Balaban J connectivity index is 1.55. The molecular weight excluding hydrogens is 468 g/mol. The smallest absolute Gasteiger partial charge is 0.153 e. The molecule has 0 bridgehead atoms. The van der Waals surface area contributed by atoms with Gasteiger partial charge in [-0.15, -0.1) is 0 Å². The lowest BCUT2D eigenvalue weighted by Crippen LogP contribution is -2.01. The van der Waals surface area contributed by atoms with E-state index < -0.39 is 17.3 Å². The van der Waals surface area contributed by atoms with Crippen molar-refractivity contribution < 1.29 is 8.78 Å². The fourth-order valence-electron chi connectivity index (χ4n) is 4.64. The zero-order chi connectivity index (χ0) is 25.5. The zero-order valence-corrected chi connectivity index (χ0v) is 21.6. The second-order valence-corrected chi connectivity index (χ2v) is 9.31. The van der Waals surface area contributed by atoms with Gasteiger partial charge in [-0.25, -0.2) is 8.78 Å². The fraction of sp³-hybridized carbons (Fsp3) is 0.281. The molecule has 182 valence electrons. The van der Waals surface area contributed by atoms with E-state index in [4.69, 9.17) is 0 Å². The summed E-state index contributed by atoms with van der Waals surface area (Å²) >= 11 is 4.48. The number of fused-ring (bicyclic) bond motifs is 1. The highest BCUT2D eigenvalue weighted by Crippen LogP contribution is 2.34. The maximum atomic E-state index is 14.3. The molecule has 0 saturated heterocycles. The minimum atomic E-state index is -0.736. The number of hydrogen-bond acceptors (Lipinski definition) is 2. The number of allylic oxidation sites excluding steroid dienone is 1. The van der Waals surface area contributed by atoms with Gasteiger partial charge in [-0.1, -0.05) is 62.8 Å². The molecule has 4 heteroatoms. The Morgan fingerprint density at radius 2 is 1.72 bits per heavy atom. The van der Waals surface area contributed by atoms with E-state index in [1.54, 1.807) is 0 Å². The van der Waals surface area contributed by atoms with Gasteiger partial charge >= 0.3 is 0 Å². The normalized spacial score (nSPS) is 12.2. The molecule has 1 aliphatic carbocycles. The van der Waals surface area contributed by atoms with Gasteiger partial charge in [-0.3, -0.25) is 0 Å². The third-order valence-electron chi connectivity index (χ3n) is 6.64. The minimum absolute atomic E-state index is 0.397. The average Bonchev–Trinajstić information content (AvgIpc) is 2.89. The van der Waals surface area contributed by atoms with Crippen LogP contribution in [0.3, 0.4) is 0 Å². The van der Waals surface area contributed by atoms with E-state index in [0.29, 0.717) is 12.0 Å². The van der Waals surface area contributed by atoms with E-state index in [-0.39, 0.29) is 0 Å². The van der Waals surface area contributed by atoms with Gasteiger partial charge in [0.25, 0.3) is 0 Å². The fourth-order valence-corrected chi connectivity index (χ4v) is 4.73. The number of hydrogen-bond donors (Lipinski definition) is 0. The first-order valence-corrected chi connectivity index (χ1v) is 13.0. The number of isothiocyanates is 1. The largest absolute Gasteiger partial charge is 0.204 e. The molecule has 0 heterocycles. The number of aliphatic imine (C=N–C) groups is 1. The van der Waals surface area contributed by atoms with Crippen molar-refractivity contribution in [2.75, 3.05) is 0 Å². The molecule has 1 aliphatic rings. The summed E-state index contributed by atoms with van der Waals surface area (Å²) in [5.74, 6) is 5.24. The lowest BCUT2D eigenvalue weighted by molar-refractivity contribution is 0.587. The molecule has 3 aromatic carbocycles. The predicted molar refractivity (Wildman–Crippen MR) is 149 cm³/mol. The standard InChI is InChI=1S/C32H29F2NS/c1-3-5-6-7-22-8-11-25(24(4-2)16-22)12-9-23-10-13-27-18-28(15-14-26(27)17-23)29-19-30(33)32(35-21-36)31(34)20-29/h8,10-11,13,16-20H,3-7,14-15H2,1-2H3. The van der Waals surface area contributed by atoms with Gasteiger partial charge in [-0.2, -0.15) is 4.99 Å². The van der Waals surface area contributed by atoms with Gasteiger partial charge in [0.05, 0.1) is 5.16 Å². The number of thiocarbonyl (C=S) groups is 1. The number of rotatable bonds is 7.